The number of amides is 2. The molecule has 1 aliphatic rings. The van der Waals surface area contributed by atoms with Gasteiger partial charge < -0.3 is 10.6 Å². The van der Waals surface area contributed by atoms with Crippen LogP contribution < -0.4 is 15.4 Å². The first-order valence-electron chi connectivity index (χ1n) is 9.41. The fourth-order valence-corrected chi connectivity index (χ4v) is 4.54. The second kappa shape index (κ2) is 9.85. The average molecular weight is 396 g/mol. The standard InChI is InChI=1S/C19H29N3O4S/c1-14-7-8-17(15(2)13-14)27(25,26)22-10-9-18(23)20-11-12-21-19(24)16-5-3-4-6-16/h7-8,13,16,22H,3-6,9-12H2,1-2H3,(H,20,23)(H,21,24). The predicted octanol–water partition coefficient (Wildman–Crippen LogP) is 1.39. The first kappa shape index (κ1) is 21.4. The molecule has 0 spiro atoms. The van der Waals surface area contributed by atoms with Crippen LogP contribution in [0.25, 0.3) is 0 Å². The van der Waals surface area contributed by atoms with Gasteiger partial charge in [0.25, 0.3) is 0 Å². The summed E-state index contributed by atoms with van der Waals surface area (Å²) in [7, 11) is -3.64. The van der Waals surface area contributed by atoms with Gasteiger partial charge >= 0.3 is 0 Å². The van der Waals surface area contributed by atoms with E-state index in [-0.39, 0.29) is 35.6 Å². The van der Waals surface area contributed by atoms with Gasteiger partial charge in [0, 0.05) is 32.0 Å². The lowest BCUT2D eigenvalue weighted by Crippen LogP contribution is -2.38. The summed E-state index contributed by atoms with van der Waals surface area (Å²) in [4.78, 5) is 23.9. The van der Waals surface area contributed by atoms with E-state index < -0.39 is 10.0 Å². The minimum Gasteiger partial charge on any atom is -0.354 e. The van der Waals surface area contributed by atoms with Crippen molar-refractivity contribution in [3.05, 3.63) is 29.3 Å². The van der Waals surface area contributed by atoms with E-state index in [0.717, 1.165) is 31.2 Å². The van der Waals surface area contributed by atoms with Gasteiger partial charge in [0.05, 0.1) is 4.90 Å². The maximum atomic E-state index is 12.3. The van der Waals surface area contributed by atoms with Crippen molar-refractivity contribution in [3.63, 3.8) is 0 Å². The van der Waals surface area contributed by atoms with Gasteiger partial charge in [-0.25, -0.2) is 13.1 Å². The van der Waals surface area contributed by atoms with Crippen molar-refractivity contribution in [2.45, 2.75) is 50.8 Å². The molecular weight excluding hydrogens is 366 g/mol. The maximum absolute atomic E-state index is 12.3. The van der Waals surface area contributed by atoms with Crippen LogP contribution in [0, 0.1) is 19.8 Å². The molecular formula is C19H29N3O4S. The molecule has 0 bridgehead atoms. The lowest BCUT2D eigenvalue weighted by atomic mass is 10.1. The van der Waals surface area contributed by atoms with E-state index in [2.05, 4.69) is 15.4 Å². The molecule has 0 unspecified atom stereocenters. The van der Waals surface area contributed by atoms with Gasteiger partial charge in [-0.15, -0.1) is 0 Å². The molecule has 8 heteroatoms. The highest BCUT2D eigenvalue weighted by Crippen LogP contribution is 2.24. The minimum absolute atomic E-state index is 0.0237. The summed E-state index contributed by atoms with van der Waals surface area (Å²) in [6.07, 6.45) is 4.14. The third kappa shape index (κ3) is 6.62. The topological polar surface area (TPSA) is 104 Å². The zero-order chi connectivity index (χ0) is 19.9. The molecule has 2 rings (SSSR count). The highest BCUT2D eigenvalue weighted by Gasteiger charge is 2.22. The number of sulfonamides is 1. The molecule has 1 saturated carbocycles. The van der Waals surface area contributed by atoms with Crippen LogP contribution in [0.4, 0.5) is 0 Å². The Morgan fingerprint density at radius 1 is 1.04 bits per heavy atom. The normalized spacial score (nSPS) is 14.9. The summed E-state index contributed by atoms with van der Waals surface area (Å²) in [5.41, 5.74) is 1.66. The van der Waals surface area contributed by atoms with Crippen LogP contribution in [0.1, 0.15) is 43.2 Å². The molecule has 0 heterocycles. The lowest BCUT2D eigenvalue weighted by molar-refractivity contribution is -0.125. The molecule has 1 fully saturated rings. The van der Waals surface area contributed by atoms with E-state index in [1.54, 1.807) is 25.1 Å². The average Bonchev–Trinajstić information content (AvgIpc) is 3.12. The Balaban J connectivity index is 1.65. The molecule has 0 saturated heterocycles. The smallest absolute Gasteiger partial charge is 0.240 e. The van der Waals surface area contributed by atoms with Crippen LogP contribution in [0.15, 0.2) is 23.1 Å². The summed E-state index contributed by atoms with van der Waals surface area (Å²) in [6.45, 7) is 4.39. The molecule has 27 heavy (non-hydrogen) atoms. The van der Waals surface area contributed by atoms with Gasteiger partial charge in [0.2, 0.25) is 21.8 Å². The second-order valence-corrected chi connectivity index (χ2v) is 8.77. The quantitative estimate of drug-likeness (QED) is 0.550. The molecule has 2 amide bonds. The number of carbonyl (C=O) groups excluding carboxylic acids is 2. The van der Waals surface area contributed by atoms with E-state index in [1.807, 2.05) is 6.92 Å². The van der Waals surface area contributed by atoms with Gasteiger partial charge in [-0.05, 0) is 38.3 Å². The van der Waals surface area contributed by atoms with Gasteiger partial charge in [0.1, 0.15) is 0 Å². The van der Waals surface area contributed by atoms with Crippen molar-refractivity contribution < 1.29 is 18.0 Å². The van der Waals surface area contributed by atoms with Crippen molar-refractivity contribution in [1.29, 1.82) is 0 Å². The van der Waals surface area contributed by atoms with Crippen molar-refractivity contribution in [3.8, 4) is 0 Å². The fourth-order valence-electron chi connectivity index (χ4n) is 3.29. The van der Waals surface area contributed by atoms with Crippen LogP contribution in [0.2, 0.25) is 0 Å². The number of hydrogen-bond donors (Lipinski definition) is 3. The predicted molar refractivity (Wildman–Crippen MR) is 104 cm³/mol. The third-order valence-electron chi connectivity index (χ3n) is 4.74. The van der Waals surface area contributed by atoms with E-state index >= 15 is 0 Å². The second-order valence-electron chi connectivity index (χ2n) is 7.04. The Morgan fingerprint density at radius 2 is 1.70 bits per heavy atom. The molecule has 0 aromatic heterocycles. The molecule has 150 valence electrons. The SMILES string of the molecule is Cc1ccc(S(=O)(=O)NCCC(=O)NCCNC(=O)C2CCCC2)c(C)c1. The molecule has 7 nitrogen and oxygen atoms in total. The van der Waals surface area contributed by atoms with E-state index in [9.17, 15) is 18.0 Å². The number of aryl methyl sites for hydroxylation is 2. The zero-order valence-corrected chi connectivity index (χ0v) is 16.8. The fraction of sp³-hybridized carbons (Fsp3) is 0.579. The van der Waals surface area contributed by atoms with Crippen LogP contribution in [-0.4, -0.2) is 39.9 Å². The molecule has 1 aliphatic carbocycles. The Labute approximate surface area is 161 Å². The summed E-state index contributed by atoms with van der Waals surface area (Å²) >= 11 is 0. The first-order chi connectivity index (χ1) is 12.8. The number of rotatable bonds is 9. The monoisotopic (exact) mass is 395 g/mol. The van der Waals surface area contributed by atoms with Gasteiger partial charge in [-0.2, -0.15) is 0 Å². The van der Waals surface area contributed by atoms with Gasteiger partial charge in [-0.3, -0.25) is 9.59 Å². The summed E-state index contributed by atoms with van der Waals surface area (Å²) < 4.78 is 27.1. The summed E-state index contributed by atoms with van der Waals surface area (Å²) in [5.74, 6) is -0.0863. The molecule has 3 N–H and O–H groups in total. The first-order valence-corrected chi connectivity index (χ1v) is 10.9. The van der Waals surface area contributed by atoms with E-state index in [4.69, 9.17) is 0 Å². The maximum Gasteiger partial charge on any atom is 0.240 e. The van der Waals surface area contributed by atoms with E-state index in [0.29, 0.717) is 18.7 Å². The van der Waals surface area contributed by atoms with Crippen molar-refractivity contribution in [2.75, 3.05) is 19.6 Å². The number of hydrogen-bond acceptors (Lipinski definition) is 4. The van der Waals surface area contributed by atoms with Crippen LogP contribution >= 0.6 is 0 Å². The van der Waals surface area contributed by atoms with Crippen molar-refractivity contribution >= 4 is 21.8 Å². The highest BCUT2D eigenvalue weighted by molar-refractivity contribution is 7.89. The molecule has 0 radical (unpaired) electrons. The Morgan fingerprint density at radius 3 is 2.37 bits per heavy atom. The van der Waals surface area contributed by atoms with Crippen LogP contribution in [0.3, 0.4) is 0 Å². The largest absolute Gasteiger partial charge is 0.354 e. The molecule has 0 aliphatic heterocycles. The van der Waals surface area contributed by atoms with Gasteiger partial charge in [0.15, 0.2) is 0 Å². The summed E-state index contributed by atoms with van der Waals surface area (Å²) in [5, 5.41) is 5.51. The van der Waals surface area contributed by atoms with Crippen molar-refractivity contribution in [2.24, 2.45) is 5.92 Å². The number of nitrogens with one attached hydrogen (secondary N) is 3. The highest BCUT2D eigenvalue weighted by atomic mass is 32.2. The minimum atomic E-state index is -3.64. The number of carbonyl (C=O) groups is 2. The van der Waals surface area contributed by atoms with Crippen molar-refractivity contribution in [1.82, 2.24) is 15.4 Å². The Hall–Kier alpha value is -1.93. The summed E-state index contributed by atoms with van der Waals surface area (Å²) in [6, 6.07) is 5.12. The third-order valence-corrected chi connectivity index (χ3v) is 6.36. The zero-order valence-electron chi connectivity index (χ0n) is 16.0. The molecule has 0 atom stereocenters. The van der Waals surface area contributed by atoms with Crippen LogP contribution in [-0.2, 0) is 19.6 Å². The molecule has 1 aromatic rings. The van der Waals surface area contributed by atoms with Crippen LogP contribution in [0.5, 0.6) is 0 Å². The number of benzene rings is 1. The molecule has 1 aromatic carbocycles. The Bertz CT molecular complexity index is 771. The van der Waals surface area contributed by atoms with Gasteiger partial charge in [-0.1, -0.05) is 30.5 Å². The Kier molecular flexibility index (Phi) is 7.79. The lowest BCUT2D eigenvalue weighted by Gasteiger charge is -2.11. The van der Waals surface area contributed by atoms with E-state index in [1.165, 1.54) is 0 Å².